The van der Waals surface area contributed by atoms with Crippen LogP contribution in [-0.4, -0.2) is 99.6 Å². The van der Waals surface area contributed by atoms with Gasteiger partial charge in [0.05, 0.1) is 18.8 Å². The number of amides is 3. The first-order valence-corrected chi connectivity index (χ1v) is 9.73. The highest BCUT2D eigenvalue weighted by molar-refractivity contribution is 5.94. The van der Waals surface area contributed by atoms with Crippen LogP contribution in [0.15, 0.2) is 4.99 Å². The molecule has 0 spiro atoms. The number of aliphatic imine (C=N–C) groups is 1. The maximum Gasteiger partial charge on any atom is 0.328 e. The smallest absolute Gasteiger partial charge is 0.328 e. The molecule has 0 aliphatic carbocycles. The van der Waals surface area contributed by atoms with Crippen molar-refractivity contribution in [2.45, 2.75) is 63.1 Å². The highest BCUT2D eigenvalue weighted by atomic mass is 16.4. The number of carbonyl (C=O) groups excluding carboxylic acids is 3. The van der Waals surface area contributed by atoms with Crippen LogP contribution in [0.5, 0.6) is 0 Å². The van der Waals surface area contributed by atoms with E-state index in [1.165, 1.54) is 6.92 Å². The standard InChI is InChI=1S/C17H33N7O8/c1-7(26)11(23-13(28)9(18)6-25)15(30)22-10(4-3-5-21-17(19)20)14(29)24-12(8(2)27)16(31)32/h7-12,25-27H,3-6,18H2,1-2H3,(H,22,30)(H,23,28)(H,24,29)(H,31,32)(H4,19,20,21). The maximum absolute atomic E-state index is 12.6. The second-order valence-electron chi connectivity index (χ2n) is 7.09. The van der Waals surface area contributed by atoms with E-state index >= 15 is 0 Å². The third kappa shape index (κ3) is 10.3. The van der Waals surface area contributed by atoms with E-state index in [2.05, 4.69) is 20.9 Å². The Bertz CT molecular complexity index is 682. The summed E-state index contributed by atoms with van der Waals surface area (Å²) in [6, 6.07) is -5.83. The Morgan fingerprint density at radius 2 is 1.44 bits per heavy atom. The van der Waals surface area contributed by atoms with Crippen LogP contribution < -0.4 is 33.2 Å². The minimum atomic E-state index is -1.64. The van der Waals surface area contributed by atoms with E-state index < -0.39 is 66.7 Å². The first-order chi connectivity index (χ1) is 14.8. The van der Waals surface area contributed by atoms with Crippen molar-refractivity contribution in [1.29, 1.82) is 0 Å². The predicted octanol–water partition coefficient (Wildman–Crippen LogP) is -5.34. The summed E-state index contributed by atoms with van der Waals surface area (Å²) in [5, 5.41) is 44.1. The van der Waals surface area contributed by atoms with Gasteiger partial charge in [-0.15, -0.1) is 0 Å². The number of carbonyl (C=O) groups is 4. The number of hydrogen-bond donors (Lipinski definition) is 10. The number of nitrogens with one attached hydrogen (secondary N) is 3. The number of hydrogen-bond acceptors (Lipinski definition) is 9. The number of rotatable bonds is 14. The summed E-state index contributed by atoms with van der Waals surface area (Å²) < 4.78 is 0. The largest absolute Gasteiger partial charge is 0.480 e. The molecule has 15 heteroatoms. The van der Waals surface area contributed by atoms with E-state index in [9.17, 15) is 29.4 Å². The molecule has 6 unspecified atom stereocenters. The molecule has 3 amide bonds. The molecule has 0 heterocycles. The lowest BCUT2D eigenvalue weighted by atomic mass is 10.1. The average Bonchev–Trinajstić information content (AvgIpc) is 2.69. The van der Waals surface area contributed by atoms with Gasteiger partial charge < -0.3 is 53.6 Å². The summed E-state index contributed by atoms with van der Waals surface area (Å²) in [6.45, 7) is 1.76. The SMILES string of the molecule is CC(O)C(NC(=O)C(CCCN=C(N)N)NC(=O)C(NC(=O)C(N)CO)C(C)O)C(=O)O. The third-order valence-corrected chi connectivity index (χ3v) is 4.22. The van der Waals surface area contributed by atoms with Crippen molar-refractivity contribution in [1.82, 2.24) is 16.0 Å². The third-order valence-electron chi connectivity index (χ3n) is 4.22. The zero-order chi connectivity index (χ0) is 25.0. The summed E-state index contributed by atoms with van der Waals surface area (Å²) in [4.78, 5) is 52.1. The van der Waals surface area contributed by atoms with Crippen LogP contribution in [0.2, 0.25) is 0 Å². The van der Waals surface area contributed by atoms with Crippen LogP contribution in [-0.2, 0) is 19.2 Å². The van der Waals surface area contributed by atoms with E-state index in [-0.39, 0.29) is 25.3 Å². The summed E-state index contributed by atoms with van der Waals surface area (Å²) in [6.07, 6.45) is -2.68. The van der Waals surface area contributed by atoms with E-state index in [0.29, 0.717) is 0 Å². The Kier molecular flexibility index (Phi) is 12.8. The van der Waals surface area contributed by atoms with E-state index in [1.54, 1.807) is 0 Å². The predicted molar refractivity (Wildman–Crippen MR) is 112 cm³/mol. The molecule has 13 N–H and O–H groups in total. The normalized spacial score (nSPS) is 16.4. The van der Waals surface area contributed by atoms with Gasteiger partial charge in [-0.2, -0.15) is 0 Å². The van der Waals surface area contributed by atoms with Crippen molar-refractivity contribution < 1.29 is 39.6 Å². The first-order valence-electron chi connectivity index (χ1n) is 9.73. The monoisotopic (exact) mass is 463 g/mol. The van der Waals surface area contributed by atoms with Crippen LogP contribution in [0.25, 0.3) is 0 Å². The second-order valence-corrected chi connectivity index (χ2v) is 7.09. The minimum absolute atomic E-state index is 0.0445. The number of guanidine groups is 1. The summed E-state index contributed by atoms with van der Waals surface area (Å²) in [5.74, 6) is -4.50. The molecule has 0 aliphatic heterocycles. The molecule has 32 heavy (non-hydrogen) atoms. The van der Waals surface area contributed by atoms with Gasteiger partial charge in [-0.3, -0.25) is 19.4 Å². The highest BCUT2D eigenvalue weighted by Crippen LogP contribution is 2.04. The van der Waals surface area contributed by atoms with Gasteiger partial charge in [0.1, 0.15) is 18.1 Å². The lowest BCUT2D eigenvalue weighted by Gasteiger charge is -2.26. The summed E-state index contributed by atoms with van der Waals surface area (Å²) >= 11 is 0. The van der Waals surface area contributed by atoms with Crippen LogP contribution in [0.4, 0.5) is 0 Å². The number of nitrogens with two attached hydrogens (primary N) is 3. The van der Waals surface area contributed by atoms with E-state index in [0.717, 1.165) is 6.92 Å². The van der Waals surface area contributed by atoms with E-state index in [1.807, 2.05) is 0 Å². The summed E-state index contributed by atoms with van der Waals surface area (Å²) in [7, 11) is 0. The van der Waals surface area contributed by atoms with Crippen molar-refractivity contribution in [3.8, 4) is 0 Å². The van der Waals surface area contributed by atoms with Gasteiger partial charge in [-0.1, -0.05) is 0 Å². The number of aliphatic carboxylic acids is 1. The van der Waals surface area contributed by atoms with Gasteiger partial charge in [0, 0.05) is 6.54 Å². The highest BCUT2D eigenvalue weighted by Gasteiger charge is 2.33. The molecule has 0 aromatic carbocycles. The van der Waals surface area contributed by atoms with Crippen LogP contribution in [0, 0.1) is 0 Å². The van der Waals surface area contributed by atoms with Gasteiger partial charge >= 0.3 is 5.97 Å². The summed E-state index contributed by atoms with van der Waals surface area (Å²) in [5.41, 5.74) is 15.8. The molecule has 0 bridgehead atoms. The number of nitrogens with zero attached hydrogens (tertiary/aromatic N) is 1. The molecular formula is C17H33N7O8. The fraction of sp³-hybridized carbons (Fsp3) is 0.706. The number of aliphatic hydroxyl groups excluding tert-OH is 3. The first kappa shape index (κ1) is 29.0. The molecule has 0 rings (SSSR count). The Labute approximate surface area is 184 Å². The number of carboxylic acids is 1. The van der Waals surface area contributed by atoms with Gasteiger partial charge in [-0.25, -0.2) is 4.79 Å². The molecule has 0 fully saturated rings. The molecule has 0 radical (unpaired) electrons. The molecular weight excluding hydrogens is 430 g/mol. The Morgan fingerprint density at radius 1 is 0.906 bits per heavy atom. The molecule has 184 valence electrons. The van der Waals surface area contributed by atoms with Crippen molar-refractivity contribution >= 4 is 29.7 Å². The van der Waals surface area contributed by atoms with Gasteiger partial charge in [0.15, 0.2) is 12.0 Å². The van der Waals surface area contributed by atoms with Crippen LogP contribution in [0.1, 0.15) is 26.7 Å². The zero-order valence-electron chi connectivity index (χ0n) is 17.9. The van der Waals surface area contributed by atoms with Crippen molar-refractivity contribution in [3.05, 3.63) is 0 Å². The van der Waals surface area contributed by atoms with Crippen molar-refractivity contribution in [3.63, 3.8) is 0 Å². The Balaban J connectivity index is 5.51. The lowest BCUT2D eigenvalue weighted by molar-refractivity contribution is -0.145. The van der Waals surface area contributed by atoms with Crippen LogP contribution >= 0.6 is 0 Å². The van der Waals surface area contributed by atoms with E-state index in [4.69, 9.17) is 27.4 Å². The van der Waals surface area contributed by atoms with Gasteiger partial charge in [-0.05, 0) is 26.7 Å². The fourth-order valence-electron chi connectivity index (χ4n) is 2.42. The van der Waals surface area contributed by atoms with Gasteiger partial charge in [0.2, 0.25) is 17.7 Å². The zero-order valence-corrected chi connectivity index (χ0v) is 17.9. The van der Waals surface area contributed by atoms with Gasteiger partial charge in [0.25, 0.3) is 0 Å². The Hall–Kier alpha value is -3.01. The maximum atomic E-state index is 12.6. The number of aliphatic hydroxyl groups is 3. The quantitative estimate of drug-likeness (QED) is 0.0659. The molecule has 0 saturated carbocycles. The topological polar surface area (TPSA) is 276 Å². The molecule has 6 atom stereocenters. The molecule has 0 aliphatic rings. The molecule has 0 aromatic heterocycles. The van der Waals surface area contributed by atoms with Crippen molar-refractivity contribution in [2.24, 2.45) is 22.2 Å². The second kappa shape index (κ2) is 14.1. The van der Waals surface area contributed by atoms with Crippen molar-refractivity contribution in [2.75, 3.05) is 13.2 Å². The average molecular weight is 463 g/mol. The Morgan fingerprint density at radius 3 is 1.88 bits per heavy atom. The van der Waals surface area contributed by atoms with Crippen LogP contribution in [0.3, 0.4) is 0 Å². The molecule has 0 saturated heterocycles. The fourth-order valence-corrected chi connectivity index (χ4v) is 2.42. The molecule has 15 nitrogen and oxygen atoms in total. The molecule has 0 aromatic rings. The minimum Gasteiger partial charge on any atom is -0.480 e. The lowest BCUT2D eigenvalue weighted by Crippen LogP contribution is -2.60. The number of carboxylic acid groups (broad SMARTS) is 1.